The number of rotatable bonds is 4. The van der Waals surface area contributed by atoms with Crippen molar-refractivity contribution in [3.63, 3.8) is 0 Å². The number of anilines is 1. The van der Waals surface area contributed by atoms with E-state index in [9.17, 15) is 5.26 Å². The van der Waals surface area contributed by atoms with E-state index in [0.29, 0.717) is 5.56 Å². The Morgan fingerprint density at radius 1 is 1.32 bits per heavy atom. The van der Waals surface area contributed by atoms with E-state index in [-0.39, 0.29) is 5.54 Å². The molecule has 0 atom stereocenters. The van der Waals surface area contributed by atoms with Crippen LogP contribution in [0.3, 0.4) is 0 Å². The molecule has 0 unspecified atom stereocenters. The summed E-state index contributed by atoms with van der Waals surface area (Å²) in [5.74, 6) is 0.772. The third-order valence-electron chi connectivity index (χ3n) is 3.18. The van der Waals surface area contributed by atoms with Crippen LogP contribution in [-0.2, 0) is 0 Å². The molecule has 0 aliphatic heterocycles. The van der Waals surface area contributed by atoms with Gasteiger partial charge in [0.15, 0.2) is 0 Å². The highest BCUT2D eigenvalue weighted by Crippen LogP contribution is 2.23. The summed E-state index contributed by atoms with van der Waals surface area (Å²) in [5, 5.41) is 13.6. The molecule has 2 aromatic rings. The first-order chi connectivity index (χ1) is 9.05. The summed E-state index contributed by atoms with van der Waals surface area (Å²) in [5.41, 5.74) is 1.51. The Hall–Kier alpha value is -2.08. The minimum atomic E-state index is -0.0169. The minimum absolute atomic E-state index is 0.0169. The number of pyridine rings is 1. The minimum Gasteiger partial charge on any atom is -0.365 e. The van der Waals surface area contributed by atoms with E-state index in [0.717, 1.165) is 29.6 Å². The monoisotopic (exact) mass is 253 g/mol. The zero-order valence-electron chi connectivity index (χ0n) is 11.7. The quantitative estimate of drug-likeness (QED) is 0.892. The number of fused-ring (bicyclic) bond motifs is 1. The molecule has 1 N–H and O–H groups in total. The molecule has 1 aromatic heterocycles. The van der Waals surface area contributed by atoms with Crippen LogP contribution < -0.4 is 5.32 Å². The maximum Gasteiger partial charge on any atom is 0.128 e. The molecule has 0 aliphatic rings. The first kappa shape index (κ1) is 13.4. The highest BCUT2D eigenvalue weighted by molar-refractivity contribution is 5.86. The van der Waals surface area contributed by atoms with Crippen molar-refractivity contribution in [1.29, 1.82) is 5.26 Å². The molecule has 0 saturated heterocycles. The van der Waals surface area contributed by atoms with E-state index in [1.165, 1.54) is 0 Å². The van der Waals surface area contributed by atoms with E-state index in [4.69, 9.17) is 0 Å². The first-order valence-electron chi connectivity index (χ1n) is 6.64. The van der Waals surface area contributed by atoms with Crippen LogP contribution in [0, 0.1) is 11.3 Å². The number of hydrogen-bond acceptors (Lipinski definition) is 3. The molecule has 0 fully saturated rings. The van der Waals surface area contributed by atoms with Crippen molar-refractivity contribution >= 4 is 16.7 Å². The van der Waals surface area contributed by atoms with Crippen LogP contribution in [0.5, 0.6) is 0 Å². The third-order valence-corrected chi connectivity index (χ3v) is 3.18. The maximum atomic E-state index is 9.26. The van der Waals surface area contributed by atoms with Gasteiger partial charge in [-0.25, -0.2) is 4.98 Å². The Bertz CT molecular complexity index is 623. The molecule has 0 spiro atoms. The van der Waals surface area contributed by atoms with Crippen molar-refractivity contribution in [2.45, 2.75) is 39.2 Å². The van der Waals surface area contributed by atoms with Crippen LogP contribution in [0.15, 0.2) is 30.3 Å². The molecular formula is C16H19N3. The van der Waals surface area contributed by atoms with Gasteiger partial charge in [0.2, 0.25) is 0 Å². The Kier molecular flexibility index (Phi) is 3.71. The molecular weight excluding hydrogens is 234 g/mol. The first-order valence-corrected chi connectivity index (χ1v) is 6.64. The van der Waals surface area contributed by atoms with E-state index in [1.807, 2.05) is 30.3 Å². The lowest BCUT2D eigenvalue weighted by Gasteiger charge is -2.26. The standard InChI is InChI=1S/C16H19N3/c1-4-9-16(2,3)19-15-10-12(11-17)13-7-5-6-8-14(13)18-15/h5-8,10H,4,9H2,1-3H3,(H,18,19). The Morgan fingerprint density at radius 3 is 2.74 bits per heavy atom. The van der Waals surface area contributed by atoms with Crippen molar-refractivity contribution in [1.82, 2.24) is 4.98 Å². The normalized spacial score (nSPS) is 11.3. The van der Waals surface area contributed by atoms with Gasteiger partial charge in [-0.15, -0.1) is 0 Å². The molecule has 0 aliphatic carbocycles. The molecule has 19 heavy (non-hydrogen) atoms. The molecule has 0 amide bonds. The van der Waals surface area contributed by atoms with E-state index >= 15 is 0 Å². The number of benzene rings is 1. The van der Waals surface area contributed by atoms with Gasteiger partial charge in [0.05, 0.1) is 17.1 Å². The van der Waals surface area contributed by atoms with Crippen molar-refractivity contribution in [2.24, 2.45) is 0 Å². The number of para-hydroxylation sites is 1. The van der Waals surface area contributed by atoms with Gasteiger partial charge in [-0.1, -0.05) is 31.5 Å². The molecule has 0 saturated carbocycles. The van der Waals surface area contributed by atoms with E-state index in [1.54, 1.807) is 0 Å². The van der Waals surface area contributed by atoms with Gasteiger partial charge in [0.1, 0.15) is 5.82 Å². The molecule has 2 rings (SSSR count). The molecule has 1 heterocycles. The fraction of sp³-hybridized carbons (Fsp3) is 0.375. The van der Waals surface area contributed by atoms with E-state index < -0.39 is 0 Å². The van der Waals surface area contributed by atoms with Gasteiger partial charge in [0, 0.05) is 10.9 Å². The fourth-order valence-electron chi connectivity index (χ4n) is 2.37. The van der Waals surface area contributed by atoms with Crippen LogP contribution in [0.25, 0.3) is 10.9 Å². The largest absolute Gasteiger partial charge is 0.365 e. The summed E-state index contributed by atoms with van der Waals surface area (Å²) < 4.78 is 0. The van der Waals surface area contributed by atoms with Gasteiger partial charge in [-0.3, -0.25) is 0 Å². The summed E-state index contributed by atoms with van der Waals surface area (Å²) in [6.45, 7) is 6.47. The molecule has 3 nitrogen and oxygen atoms in total. The average Bonchev–Trinajstić information content (AvgIpc) is 2.37. The number of aromatic nitrogens is 1. The zero-order valence-corrected chi connectivity index (χ0v) is 11.7. The van der Waals surface area contributed by atoms with Crippen LogP contribution in [0.2, 0.25) is 0 Å². The summed E-state index contributed by atoms with van der Waals surface area (Å²) in [4.78, 5) is 4.59. The summed E-state index contributed by atoms with van der Waals surface area (Å²) in [6.07, 6.45) is 2.17. The molecule has 98 valence electrons. The van der Waals surface area contributed by atoms with Crippen molar-refractivity contribution in [3.05, 3.63) is 35.9 Å². The van der Waals surface area contributed by atoms with Gasteiger partial charge in [-0.05, 0) is 32.4 Å². The highest BCUT2D eigenvalue weighted by atomic mass is 15.0. The molecule has 0 radical (unpaired) electrons. The Morgan fingerprint density at radius 2 is 2.05 bits per heavy atom. The third kappa shape index (κ3) is 3.03. The lowest BCUT2D eigenvalue weighted by molar-refractivity contribution is 0.509. The summed E-state index contributed by atoms with van der Waals surface area (Å²) >= 11 is 0. The smallest absolute Gasteiger partial charge is 0.128 e. The fourth-order valence-corrected chi connectivity index (χ4v) is 2.37. The number of nitrogens with zero attached hydrogens (tertiary/aromatic N) is 2. The second-order valence-corrected chi connectivity index (χ2v) is 5.44. The number of nitriles is 1. The predicted octanol–water partition coefficient (Wildman–Crippen LogP) is 4.10. The number of hydrogen-bond donors (Lipinski definition) is 1. The highest BCUT2D eigenvalue weighted by Gasteiger charge is 2.17. The Balaban J connectivity index is 2.43. The summed E-state index contributed by atoms with van der Waals surface area (Å²) in [7, 11) is 0. The SMILES string of the molecule is CCCC(C)(C)Nc1cc(C#N)c2ccccc2n1. The van der Waals surface area contributed by atoms with Gasteiger partial charge >= 0.3 is 0 Å². The Labute approximate surface area is 114 Å². The topological polar surface area (TPSA) is 48.7 Å². The second kappa shape index (κ2) is 5.27. The van der Waals surface area contributed by atoms with Crippen LogP contribution in [-0.4, -0.2) is 10.5 Å². The van der Waals surface area contributed by atoms with Crippen LogP contribution in [0.1, 0.15) is 39.2 Å². The second-order valence-electron chi connectivity index (χ2n) is 5.44. The lowest BCUT2D eigenvalue weighted by Crippen LogP contribution is -2.30. The maximum absolute atomic E-state index is 9.26. The number of nitrogens with one attached hydrogen (secondary N) is 1. The van der Waals surface area contributed by atoms with Gasteiger partial charge in [0.25, 0.3) is 0 Å². The van der Waals surface area contributed by atoms with Gasteiger partial charge in [-0.2, -0.15) is 5.26 Å². The molecule has 0 bridgehead atoms. The predicted molar refractivity (Wildman–Crippen MR) is 79.1 cm³/mol. The van der Waals surface area contributed by atoms with Crippen molar-refractivity contribution in [3.8, 4) is 6.07 Å². The average molecular weight is 253 g/mol. The summed E-state index contributed by atoms with van der Waals surface area (Å²) in [6, 6.07) is 11.8. The molecule has 1 aromatic carbocycles. The van der Waals surface area contributed by atoms with Crippen LogP contribution >= 0.6 is 0 Å². The lowest BCUT2D eigenvalue weighted by atomic mass is 9.99. The van der Waals surface area contributed by atoms with Crippen molar-refractivity contribution < 1.29 is 0 Å². The van der Waals surface area contributed by atoms with Crippen LogP contribution in [0.4, 0.5) is 5.82 Å². The van der Waals surface area contributed by atoms with E-state index in [2.05, 4.69) is 37.1 Å². The molecule has 3 heteroatoms. The van der Waals surface area contributed by atoms with Crippen molar-refractivity contribution in [2.75, 3.05) is 5.32 Å². The van der Waals surface area contributed by atoms with Gasteiger partial charge < -0.3 is 5.32 Å². The zero-order chi connectivity index (χ0) is 13.9.